The molecule has 4 N–H and O–H groups in total. The Labute approximate surface area is 79.7 Å². The first-order chi connectivity index (χ1) is 3.91. The van der Waals surface area contributed by atoms with Crippen molar-refractivity contribution in [3.05, 3.63) is 0 Å². The first kappa shape index (κ1) is 22.5. The smallest absolute Gasteiger partial charge is 0.870 e. The topological polar surface area (TPSA) is 91.0 Å². The second-order valence-corrected chi connectivity index (χ2v) is 1.64. The van der Waals surface area contributed by atoms with Crippen LogP contribution in [-0.2, 0) is 4.74 Å². The molecule has 0 radical (unpaired) electrons. The van der Waals surface area contributed by atoms with E-state index in [4.69, 9.17) is 9.84 Å². The molecule has 0 spiro atoms. The van der Waals surface area contributed by atoms with Crippen LogP contribution in [0.5, 0.6) is 0 Å². The molecule has 0 aliphatic carbocycles. The van der Waals surface area contributed by atoms with Gasteiger partial charge in [-0.1, -0.05) is 0 Å². The largest absolute Gasteiger partial charge is 1.00 e. The summed E-state index contributed by atoms with van der Waals surface area (Å²) in [5.74, 6) is 0. The van der Waals surface area contributed by atoms with Gasteiger partial charge in [-0.05, 0) is 19.8 Å². The predicted octanol–water partition coefficient (Wildman–Crippen LogP) is -3.20. The van der Waals surface area contributed by atoms with Gasteiger partial charge in [-0.25, -0.2) is 0 Å². The molecule has 4 nitrogen and oxygen atoms in total. The van der Waals surface area contributed by atoms with Gasteiger partial charge in [0, 0.05) is 19.8 Å². The maximum Gasteiger partial charge on any atom is 1.00 e. The second-order valence-electron chi connectivity index (χ2n) is 1.64. The van der Waals surface area contributed by atoms with E-state index in [1.165, 1.54) is 12.8 Å². The minimum Gasteiger partial charge on any atom is -0.870 e. The van der Waals surface area contributed by atoms with Gasteiger partial charge in [-0.15, -0.1) is 0 Å². The summed E-state index contributed by atoms with van der Waals surface area (Å²) in [6.45, 7) is 3.93. The van der Waals surface area contributed by atoms with E-state index in [9.17, 15) is 0 Å². The molecule has 0 unspecified atom stereocenters. The minimum absolute atomic E-state index is 0. The van der Waals surface area contributed by atoms with E-state index in [1.54, 1.807) is 6.92 Å². The zero-order valence-electron chi connectivity index (χ0n) is 7.34. The van der Waals surface area contributed by atoms with Crippen LogP contribution >= 0.6 is 0 Å². The summed E-state index contributed by atoms with van der Waals surface area (Å²) in [4.78, 5) is 0. The van der Waals surface area contributed by atoms with Gasteiger partial charge in [0.2, 0.25) is 0 Å². The number of aliphatic hydroxyl groups excluding tert-OH is 1. The van der Waals surface area contributed by atoms with Crippen molar-refractivity contribution in [1.29, 1.82) is 0 Å². The number of hydrogen-bond donors (Lipinski definition) is 1. The van der Waals surface area contributed by atoms with Gasteiger partial charge in [0.15, 0.2) is 0 Å². The fraction of sp³-hybridized carbons (Fsp3) is 1.00. The maximum absolute atomic E-state index is 7.57. The molecule has 1 heterocycles. The fourth-order valence-electron chi connectivity index (χ4n) is 0.510. The van der Waals surface area contributed by atoms with Crippen molar-refractivity contribution in [3.63, 3.8) is 0 Å². The molecule has 1 rings (SSSR count). The number of rotatable bonds is 0. The Hall–Kier alpha value is 0.437. The molecule has 1 aliphatic heterocycles. The van der Waals surface area contributed by atoms with Crippen LogP contribution in [0.15, 0.2) is 0 Å². The van der Waals surface area contributed by atoms with Crippen LogP contribution in [0.3, 0.4) is 0 Å². The zero-order valence-corrected chi connectivity index (χ0v) is 7.34. The van der Waals surface area contributed by atoms with Crippen molar-refractivity contribution in [2.45, 2.75) is 19.8 Å². The average molecular weight is 160 g/mol. The maximum atomic E-state index is 7.57. The van der Waals surface area contributed by atoms with E-state index in [0.29, 0.717) is 0 Å². The third-order valence-electron chi connectivity index (χ3n) is 0.827. The Bertz CT molecular complexity index is 34.0. The van der Waals surface area contributed by atoms with Crippen molar-refractivity contribution in [2.24, 2.45) is 0 Å². The number of hydrogen-bond acceptors (Lipinski definition) is 3. The van der Waals surface area contributed by atoms with E-state index >= 15 is 0 Å². The summed E-state index contributed by atoms with van der Waals surface area (Å²) in [6.07, 6.45) is 2.56. The fourth-order valence-corrected chi connectivity index (χ4v) is 0.510. The molecule has 11 heavy (non-hydrogen) atoms. The minimum atomic E-state index is 0. The monoisotopic (exact) mass is 160 g/mol. The van der Waals surface area contributed by atoms with Gasteiger partial charge >= 0.3 is 18.9 Å². The van der Waals surface area contributed by atoms with Crippen molar-refractivity contribution in [1.82, 2.24) is 0 Å². The third-order valence-corrected chi connectivity index (χ3v) is 0.827. The molecular weight excluding hydrogens is 143 g/mol. The Morgan fingerprint density at radius 3 is 1.64 bits per heavy atom. The van der Waals surface area contributed by atoms with Crippen molar-refractivity contribution in [2.75, 3.05) is 19.8 Å². The van der Waals surface area contributed by atoms with E-state index < -0.39 is 0 Å². The molecule has 0 amide bonds. The average Bonchev–Trinajstić information content (AvgIpc) is 2.17. The zero-order chi connectivity index (χ0) is 6.24. The number of aliphatic hydroxyl groups is 1. The first-order valence-electron chi connectivity index (χ1n) is 3.10. The van der Waals surface area contributed by atoms with Gasteiger partial charge in [0.1, 0.15) is 0 Å². The molecule has 1 saturated heterocycles. The Morgan fingerprint density at radius 1 is 1.27 bits per heavy atom. The summed E-state index contributed by atoms with van der Waals surface area (Å²) >= 11 is 0. The molecule has 66 valence electrons. The van der Waals surface area contributed by atoms with Crippen LogP contribution in [-0.4, -0.2) is 35.9 Å². The SMILES string of the molecule is C1CCOC1.CCO.O.[Li+].[OH-]. The van der Waals surface area contributed by atoms with Crippen molar-refractivity contribution in [3.8, 4) is 0 Å². The normalized spacial score (nSPS) is 12.5. The molecule has 5 heteroatoms. The summed E-state index contributed by atoms with van der Waals surface area (Å²) in [7, 11) is 0. The standard InChI is InChI=1S/C4H8O.C2H6O.Li.2H2O/c1-2-4-5-3-1;1-2-3;;;/h1-4H2;3H,2H2,1H3;;2*1H2/q;;+1;;/p-1. The first-order valence-corrected chi connectivity index (χ1v) is 3.10. The molecule has 1 aliphatic rings. The van der Waals surface area contributed by atoms with Gasteiger partial charge in [0.25, 0.3) is 0 Å². The van der Waals surface area contributed by atoms with Crippen LogP contribution in [0.25, 0.3) is 0 Å². The van der Waals surface area contributed by atoms with Crippen LogP contribution in [0.4, 0.5) is 0 Å². The number of ether oxygens (including phenoxy) is 1. The molecule has 0 saturated carbocycles. The van der Waals surface area contributed by atoms with E-state index in [-0.39, 0.29) is 36.4 Å². The second kappa shape index (κ2) is 22.4. The Morgan fingerprint density at radius 2 is 1.55 bits per heavy atom. The molecule has 1 fully saturated rings. The van der Waals surface area contributed by atoms with E-state index in [0.717, 1.165) is 13.2 Å². The predicted molar refractivity (Wildman–Crippen MR) is 38.4 cm³/mol. The van der Waals surface area contributed by atoms with E-state index in [1.807, 2.05) is 0 Å². The van der Waals surface area contributed by atoms with Gasteiger partial charge in [0.05, 0.1) is 0 Å². The van der Waals surface area contributed by atoms with Gasteiger partial charge in [-0.3, -0.25) is 0 Å². The van der Waals surface area contributed by atoms with E-state index in [2.05, 4.69) is 0 Å². The molecule has 0 atom stereocenters. The third kappa shape index (κ3) is 25.1. The molecule has 0 aromatic rings. The summed E-state index contributed by atoms with van der Waals surface area (Å²) in [6, 6.07) is 0. The summed E-state index contributed by atoms with van der Waals surface area (Å²) in [5.41, 5.74) is 0. The van der Waals surface area contributed by atoms with Crippen LogP contribution in [0, 0.1) is 0 Å². The quantitative estimate of drug-likeness (QED) is 0.378. The van der Waals surface area contributed by atoms with Crippen molar-refractivity contribution < 1.29 is 39.7 Å². The molecule has 0 bridgehead atoms. The van der Waals surface area contributed by atoms with Crippen LogP contribution < -0.4 is 18.9 Å². The van der Waals surface area contributed by atoms with Crippen LogP contribution in [0.2, 0.25) is 0 Å². The van der Waals surface area contributed by atoms with Crippen molar-refractivity contribution >= 4 is 0 Å². The molecular formula is C6H17LiO4. The van der Waals surface area contributed by atoms with Gasteiger partial charge in [-0.2, -0.15) is 0 Å². The van der Waals surface area contributed by atoms with Gasteiger partial charge < -0.3 is 20.8 Å². The molecule has 0 aromatic carbocycles. The Kier molecular flexibility index (Phi) is 45.9. The Balaban J connectivity index is -0.0000000379. The summed E-state index contributed by atoms with van der Waals surface area (Å²) in [5, 5.41) is 7.57. The summed E-state index contributed by atoms with van der Waals surface area (Å²) < 4.78 is 4.94. The van der Waals surface area contributed by atoms with Crippen LogP contribution in [0.1, 0.15) is 19.8 Å². The molecule has 0 aromatic heterocycles.